The second kappa shape index (κ2) is 4.50. The molecule has 2 N–H and O–H groups in total. The molecular weight excluding hydrogens is 255 g/mol. The Hall–Kier alpha value is -0.950. The minimum Gasteiger partial charge on any atom is -0.326 e. The van der Waals surface area contributed by atoms with Gasteiger partial charge in [-0.25, -0.2) is 13.8 Å². The molecule has 0 unspecified atom stereocenters. The van der Waals surface area contributed by atoms with Crippen LogP contribution in [0.2, 0.25) is 5.15 Å². The summed E-state index contributed by atoms with van der Waals surface area (Å²) in [5.74, 6) is 0. The third-order valence-corrected chi connectivity index (χ3v) is 2.03. The van der Waals surface area contributed by atoms with Gasteiger partial charge < -0.3 is 5.73 Å². The van der Waals surface area contributed by atoms with Crippen molar-refractivity contribution in [1.82, 2.24) is 4.98 Å². The van der Waals surface area contributed by atoms with Crippen molar-refractivity contribution >= 4 is 11.6 Å². The summed E-state index contributed by atoms with van der Waals surface area (Å²) < 4.78 is 62.3. The van der Waals surface area contributed by atoms with Gasteiger partial charge in [0.2, 0.25) is 0 Å². The van der Waals surface area contributed by atoms with Crippen molar-refractivity contribution in [2.24, 2.45) is 5.73 Å². The summed E-state index contributed by atoms with van der Waals surface area (Å²) in [6, 6.07) is 0.482. The number of nitrogens with zero attached hydrogens (tertiary/aromatic N) is 1. The number of hydrogen-bond donors (Lipinski definition) is 1. The summed E-state index contributed by atoms with van der Waals surface area (Å²) in [4.78, 5) is 3.15. The second-order valence-corrected chi connectivity index (χ2v) is 3.25. The zero-order valence-electron chi connectivity index (χ0n) is 7.65. The van der Waals surface area contributed by atoms with Crippen LogP contribution in [0, 0.1) is 0 Å². The Bertz CT molecular complexity index is 391. The molecule has 0 bridgehead atoms. The van der Waals surface area contributed by atoms with Crippen molar-refractivity contribution in [3.8, 4) is 0 Å². The predicted octanol–water partition coefficient (Wildman–Crippen LogP) is 3.15. The summed E-state index contributed by atoms with van der Waals surface area (Å²) in [7, 11) is 0. The van der Waals surface area contributed by atoms with Crippen molar-refractivity contribution in [2.75, 3.05) is 0 Å². The smallest absolute Gasteiger partial charge is 0.326 e. The van der Waals surface area contributed by atoms with Crippen LogP contribution in [0.3, 0.4) is 0 Å². The molecule has 0 saturated carbocycles. The molecule has 1 heterocycles. The van der Waals surface area contributed by atoms with E-state index in [0.29, 0.717) is 6.07 Å². The molecule has 0 aliphatic carbocycles. The minimum absolute atomic E-state index is 0.482. The number of nitrogens with two attached hydrogens (primary N) is 1. The maximum atomic E-state index is 12.5. The third-order valence-electron chi connectivity index (χ3n) is 1.84. The second-order valence-electron chi connectivity index (χ2n) is 2.86. The Kier molecular flexibility index (Phi) is 3.69. The monoisotopic (exact) mass is 260 g/mol. The first kappa shape index (κ1) is 13.1. The normalized spacial score (nSPS) is 12.2. The first-order chi connectivity index (χ1) is 7.27. The number of aromatic nitrogens is 1. The van der Waals surface area contributed by atoms with Crippen molar-refractivity contribution in [1.29, 1.82) is 0 Å². The summed E-state index contributed by atoms with van der Waals surface area (Å²) >= 11 is 5.24. The van der Waals surface area contributed by atoms with Crippen LogP contribution in [0.5, 0.6) is 0 Å². The lowest BCUT2D eigenvalue weighted by Crippen LogP contribution is -2.16. The van der Waals surface area contributed by atoms with Gasteiger partial charge in [-0.1, -0.05) is 11.6 Å². The van der Waals surface area contributed by atoms with Crippen molar-refractivity contribution in [3.05, 3.63) is 28.0 Å². The molecule has 0 spiro atoms. The highest BCUT2D eigenvalue weighted by atomic mass is 35.5. The van der Waals surface area contributed by atoms with E-state index in [9.17, 15) is 22.0 Å². The molecule has 16 heavy (non-hydrogen) atoms. The van der Waals surface area contributed by atoms with Gasteiger partial charge in [0, 0.05) is 12.1 Å². The molecule has 1 aromatic rings. The van der Waals surface area contributed by atoms with Crippen molar-refractivity contribution < 1.29 is 22.0 Å². The Morgan fingerprint density at radius 1 is 1.38 bits per heavy atom. The van der Waals surface area contributed by atoms with E-state index in [1.165, 1.54) is 0 Å². The summed E-state index contributed by atoms with van der Waals surface area (Å²) in [6.45, 7) is -0.682. The van der Waals surface area contributed by atoms with Gasteiger partial charge in [-0.2, -0.15) is 13.2 Å². The fourth-order valence-corrected chi connectivity index (χ4v) is 1.41. The molecule has 90 valence electrons. The molecule has 2 nitrogen and oxygen atoms in total. The number of pyridine rings is 1. The molecule has 0 saturated heterocycles. The lowest BCUT2D eigenvalue weighted by molar-refractivity contribution is -0.138. The predicted molar refractivity (Wildman–Crippen MR) is 47.1 cm³/mol. The summed E-state index contributed by atoms with van der Waals surface area (Å²) in [5, 5.41) is -0.639. The molecule has 1 aromatic heterocycles. The minimum atomic E-state index is -4.79. The highest BCUT2D eigenvalue weighted by Crippen LogP contribution is 2.36. The van der Waals surface area contributed by atoms with Gasteiger partial charge in [0.05, 0.1) is 5.56 Å². The summed E-state index contributed by atoms with van der Waals surface area (Å²) in [6.07, 6.45) is -7.94. The van der Waals surface area contributed by atoms with Crippen LogP contribution < -0.4 is 5.73 Å². The zero-order valence-corrected chi connectivity index (χ0v) is 8.41. The van der Waals surface area contributed by atoms with E-state index in [4.69, 9.17) is 17.3 Å². The van der Waals surface area contributed by atoms with E-state index in [1.54, 1.807) is 0 Å². The standard InChI is InChI=1S/C8H6ClF5N2/c9-5-1-4(8(12,13)14)3(2-15)6(16-5)7(10)11/h1,7H,2,15H2. The molecule has 0 aliphatic heterocycles. The van der Waals surface area contributed by atoms with Gasteiger partial charge in [-0.05, 0) is 6.07 Å². The number of rotatable bonds is 2. The Labute approximate surface area is 92.2 Å². The summed E-state index contributed by atoms with van der Waals surface area (Å²) in [5.41, 5.74) is 1.99. The van der Waals surface area contributed by atoms with E-state index in [0.717, 1.165) is 0 Å². The van der Waals surface area contributed by atoms with Gasteiger partial charge in [0.15, 0.2) is 0 Å². The van der Waals surface area contributed by atoms with Gasteiger partial charge in [0.25, 0.3) is 6.43 Å². The van der Waals surface area contributed by atoms with Crippen LogP contribution in [0.1, 0.15) is 23.2 Å². The van der Waals surface area contributed by atoms with E-state index < -0.39 is 41.1 Å². The van der Waals surface area contributed by atoms with Crippen LogP contribution in [-0.2, 0) is 12.7 Å². The van der Waals surface area contributed by atoms with Gasteiger partial charge >= 0.3 is 6.18 Å². The SMILES string of the molecule is NCc1c(C(F)(F)F)cc(Cl)nc1C(F)F. The molecule has 0 aliphatic rings. The first-order valence-electron chi connectivity index (χ1n) is 4.02. The van der Waals surface area contributed by atoms with Crippen LogP contribution in [0.15, 0.2) is 6.07 Å². The third kappa shape index (κ3) is 2.59. The van der Waals surface area contributed by atoms with E-state index in [-0.39, 0.29) is 0 Å². The van der Waals surface area contributed by atoms with Crippen molar-refractivity contribution in [3.63, 3.8) is 0 Å². The fourth-order valence-electron chi connectivity index (χ4n) is 1.21. The average Bonchev–Trinajstić information content (AvgIpc) is 2.14. The fraction of sp³-hybridized carbons (Fsp3) is 0.375. The lowest BCUT2D eigenvalue weighted by atomic mass is 10.1. The first-order valence-corrected chi connectivity index (χ1v) is 4.40. The average molecular weight is 261 g/mol. The Morgan fingerprint density at radius 2 is 1.94 bits per heavy atom. The molecule has 0 amide bonds. The van der Waals surface area contributed by atoms with Gasteiger partial charge in [-0.3, -0.25) is 0 Å². The molecule has 0 atom stereocenters. The Morgan fingerprint density at radius 3 is 2.31 bits per heavy atom. The largest absolute Gasteiger partial charge is 0.416 e. The highest BCUT2D eigenvalue weighted by molar-refractivity contribution is 6.29. The van der Waals surface area contributed by atoms with Gasteiger partial charge in [-0.15, -0.1) is 0 Å². The molecule has 8 heteroatoms. The lowest BCUT2D eigenvalue weighted by Gasteiger charge is -2.15. The maximum Gasteiger partial charge on any atom is 0.416 e. The molecular formula is C8H6ClF5N2. The highest BCUT2D eigenvalue weighted by Gasteiger charge is 2.36. The van der Waals surface area contributed by atoms with E-state index in [2.05, 4.69) is 4.98 Å². The van der Waals surface area contributed by atoms with Crippen LogP contribution in [0.25, 0.3) is 0 Å². The van der Waals surface area contributed by atoms with E-state index >= 15 is 0 Å². The maximum absolute atomic E-state index is 12.5. The molecule has 0 fully saturated rings. The number of halogens is 6. The van der Waals surface area contributed by atoms with Gasteiger partial charge in [0.1, 0.15) is 10.8 Å². The number of hydrogen-bond acceptors (Lipinski definition) is 2. The van der Waals surface area contributed by atoms with Crippen LogP contribution in [0.4, 0.5) is 22.0 Å². The quantitative estimate of drug-likeness (QED) is 0.655. The Balaban J connectivity index is 3.49. The zero-order chi connectivity index (χ0) is 12.5. The van der Waals surface area contributed by atoms with E-state index in [1.807, 2.05) is 0 Å². The van der Waals surface area contributed by atoms with Crippen LogP contribution in [-0.4, -0.2) is 4.98 Å². The van der Waals surface area contributed by atoms with Crippen LogP contribution >= 0.6 is 11.6 Å². The molecule has 0 aromatic carbocycles. The molecule has 0 radical (unpaired) electrons. The van der Waals surface area contributed by atoms with Crippen molar-refractivity contribution in [2.45, 2.75) is 19.1 Å². The number of alkyl halides is 5. The molecule has 1 rings (SSSR count). The topological polar surface area (TPSA) is 38.9 Å².